The topological polar surface area (TPSA) is 81.2 Å². The highest BCUT2D eigenvalue weighted by Crippen LogP contribution is 2.42. The Morgan fingerprint density at radius 2 is 0.940 bits per heavy atom. The van der Waals surface area contributed by atoms with E-state index in [4.69, 9.17) is 0 Å². The molecule has 0 atom stereocenters. The molecule has 50 heavy (non-hydrogen) atoms. The van der Waals surface area contributed by atoms with Crippen molar-refractivity contribution in [1.29, 1.82) is 15.8 Å². The molecule has 0 saturated heterocycles. The molecule has 0 saturated carbocycles. The maximum Gasteiger partial charge on any atom is 0.0998 e. The van der Waals surface area contributed by atoms with Crippen LogP contribution in [-0.2, 0) is 0 Å². The van der Waals surface area contributed by atoms with Gasteiger partial charge in [-0.2, -0.15) is 15.8 Å². The summed E-state index contributed by atoms with van der Waals surface area (Å²) in [6.45, 7) is 0. The molecule has 0 radical (unpaired) electrons. The van der Waals surface area contributed by atoms with Gasteiger partial charge in [0.05, 0.1) is 62.7 Å². The van der Waals surface area contributed by atoms with E-state index in [1.54, 1.807) is 0 Å². The molecule has 7 aromatic carbocycles. The number of hydrogen-bond acceptors (Lipinski definition) is 3. The van der Waals surface area contributed by atoms with Gasteiger partial charge in [-0.15, -0.1) is 0 Å². The third-order valence-corrected chi connectivity index (χ3v) is 9.64. The van der Waals surface area contributed by atoms with Crippen LogP contribution in [0.5, 0.6) is 0 Å². The van der Waals surface area contributed by atoms with Crippen molar-refractivity contribution in [2.75, 3.05) is 0 Å². The maximum absolute atomic E-state index is 10.5. The molecule has 2 aromatic heterocycles. The number of hydrogen-bond donors (Lipinski definition) is 0. The van der Waals surface area contributed by atoms with Crippen molar-refractivity contribution in [2.45, 2.75) is 0 Å². The second-order valence-electron chi connectivity index (χ2n) is 12.3. The molecule has 0 N–H and O–H groups in total. The highest BCUT2D eigenvalue weighted by molar-refractivity contribution is 6.11. The lowest BCUT2D eigenvalue weighted by molar-refractivity contribution is 1.18. The molecule has 0 spiro atoms. The molecule has 0 aliphatic rings. The van der Waals surface area contributed by atoms with Crippen molar-refractivity contribution < 1.29 is 0 Å². The number of benzene rings is 7. The first-order valence-corrected chi connectivity index (χ1v) is 16.3. The van der Waals surface area contributed by atoms with Crippen LogP contribution in [-0.4, -0.2) is 9.13 Å². The Bertz CT molecular complexity index is 2830. The van der Waals surface area contributed by atoms with Gasteiger partial charge in [-0.05, 0) is 89.5 Å². The van der Waals surface area contributed by atoms with Crippen LogP contribution in [0.4, 0.5) is 0 Å². The second kappa shape index (κ2) is 11.4. The molecule has 230 valence electrons. The van der Waals surface area contributed by atoms with Gasteiger partial charge < -0.3 is 9.13 Å². The predicted octanol–water partition coefficient (Wildman–Crippen LogP) is 10.8. The van der Waals surface area contributed by atoms with E-state index >= 15 is 0 Å². The van der Waals surface area contributed by atoms with Crippen LogP contribution in [0.15, 0.2) is 152 Å². The summed E-state index contributed by atoms with van der Waals surface area (Å²) in [6, 6.07) is 57.9. The van der Waals surface area contributed by atoms with E-state index in [0.29, 0.717) is 16.7 Å². The van der Waals surface area contributed by atoms with Crippen LogP contribution >= 0.6 is 0 Å². The predicted molar refractivity (Wildman–Crippen MR) is 200 cm³/mol. The highest BCUT2D eigenvalue weighted by atomic mass is 15.0. The zero-order valence-electron chi connectivity index (χ0n) is 26.7. The number of fused-ring (bicyclic) bond motifs is 6. The monoisotopic (exact) mass is 635 g/mol. The van der Waals surface area contributed by atoms with Crippen molar-refractivity contribution in [3.63, 3.8) is 0 Å². The molecule has 0 aliphatic heterocycles. The number of nitrogens with zero attached hydrogens (tertiary/aromatic N) is 5. The Balaban J connectivity index is 1.25. The van der Waals surface area contributed by atoms with Crippen LogP contribution in [0.25, 0.3) is 77.2 Å². The lowest BCUT2D eigenvalue weighted by Crippen LogP contribution is -2.00. The zero-order chi connectivity index (χ0) is 33.8. The minimum absolute atomic E-state index is 0.541. The van der Waals surface area contributed by atoms with E-state index in [9.17, 15) is 15.8 Å². The van der Waals surface area contributed by atoms with Gasteiger partial charge in [0, 0.05) is 32.8 Å². The fourth-order valence-corrected chi connectivity index (χ4v) is 7.47. The molecular weight excluding hydrogens is 611 g/mol. The summed E-state index contributed by atoms with van der Waals surface area (Å²) < 4.78 is 4.45. The molecule has 9 rings (SSSR count). The minimum Gasteiger partial charge on any atom is -0.309 e. The average Bonchev–Trinajstić information content (AvgIpc) is 3.69. The number of aromatic nitrogens is 2. The molecule has 0 unspecified atom stereocenters. The third kappa shape index (κ3) is 4.31. The molecule has 5 heteroatoms. The van der Waals surface area contributed by atoms with E-state index < -0.39 is 0 Å². The van der Waals surface area contributed by atoms with Gasteiger partial charge in [0.2, 0.25) is 0 Å². The summed E-state index contributed by atoms with van der Waals surface area (Å²) in [5.74, 6) is 0. The summed E-state index contributed by atoms with van der Waals surface area (Å²) in [7, 11) is 0. The Kier molecular flexibility index (Phi) is 6.56. The first-order valence-electron chi connectivity index (χ1n) is 16.3. The Morgan fingerprint density at radius 3 is 1.52 bits per heavy atom. The van der Waals surface area contributed by atoms with E-state index in [-0.39, 0.29) is 0 Å². The first-order chi connectivity index (χ1) is 24.7. The average molecular weight is 636 g/mol. The van der Waals surface area contributed by atoms with Crippen LogP contribution < -0.4 is 0 Å². The molecule has 5 nitrogen and oxygen atoms in total. The van der Waals surface area contributed by atoms with E-state index in [0.717, 1.165) is 66.5 Å². The van der Waals surface area contributed by atoms with Crippen molar-refractivity contribution >= 4 is 43.6 Å². The number of rotatable bonds is 4. The fraction of sp³-hybridized carbons (Fsp3) is 0. The Labute approximate surface area is 287 Å². The van der Waals surface area contributed by atoms with Gasteiger partial charge in [-0.3, -0.25) is 0 Å². The Hall–Kier alpha value is -7.39. The summed E-state index contributed by atoms with van der Waals surface area (Å²) in [4.78, 5) is 0. The van der Waals surface area contributed by atoms with Crippen molar-refractivity contribution in [3.8, 4) is 51.8 Å². The Morgan fingerprint density at radius 1 is 0.400 bits per heavy atom. The smallest absolute Gasteiger partial charge is 0.0998 e. The third-order valence-electron chi connectivity index (χ3n) is 9.64. The van der Waals surface area contributed by atoms with Crippen LogP contribution in [0.2, 0.25) is 0 Å². The molecule has 0 amide bonds. The number of nitriles is 3. The van der Waals surface area contributed by atoms with Crippen LogP contribution in [0.1, 0.15) is 16.7 Å². The fourth-order valence-electron chi connectivity index (χ4n) is 7.47. The molecular formula is C45H25N5. The highest BCUT2D eigenvalue weighted by Gasteiger charge is 2.21. The zero-order valence-corrected chi connectivity index (χ0v) is 26.7. The second-order valence-corrected chi connectivity index (χ2v) is 12.3. The lowest BCUT2D eigenvalue weighted by atomic mass is 9.90. The SMILES string of the molecule is N#Cc1ccc2c(c1)c1cc(C#N)ccc1n2-c1cccc(C#N)c1-c1ccccc1-c1ccc(-n2c3ccccc3c3ccccc32)cc1. The van der Waals surface area contributed by atoms with Gasteiger partial charge >= 0.3 is 0 Å². The van der Waals surface area contributed by atoms with Gasteiger partial charge in [0.15, 0.2) is 0 Å². The quantitative estimate of drug-likeness (QED) is 0.193. The van der Waals surface area contributed by atoms with Gasteiger partial charge in [0.1, 0.15) is 0 Å². The summed E-state index contributed by atoms with van der Waals surface area (Å²) >= 11 is 0. The molecule has 9 aromatic rings. The van der Waals surface area contributed by atoms with E-state index in [2.05, 4.69) is 112 Å². The summed E-state index contributed by atoms with van der Waals surface area (Å²) in [5, 5.41) is 34.1. The summed E-state index contributed by atoms with van der Waals surface area (Å²) in [5.41, 5.74) is 11.4. The summed E-state index contributed by atoms with van der Waals surface area (Å²) in [6.07, 6.45) is 0. The largest absolute Gasteiger partial charge is 0.309 e. The van der Waals surface area contributed by atoms with E-state index in [1.807, 2.05) is 66.7 Å². The van der Waals surface area contributed by atoms with Crippen molar-refractivity contribution in [1.82, 2.24) is 9.13 Å². The van der Waals surface area contributed by atoms with Crippen LogP contribution in [0.3, 0.4) is 0 Å². The lowest BCUT2D eigenvalue weighted by Gasteiger charge is -2.18. The van der Waals surface area contributed by atoms with Gasteiger partial charge in [-0.25, -0.2) is 0 Å². The molecule has 0 fully saturated rings. The number of para-hydroxylation sites is 2. The van der Waals surface area contributed by atoms with Crippen LogP contribution in [0, 0.1) is 34.0 Å². The molecule has 0 aliphatic carbocycles. The molecule has 2 heterocycles. The van der Waals surface area contributed by atoms with Gasteiger partial charge in [0.25, 0.3) is 0 Å². The van der Waals surface area contributed by atoms with Crippen molar-refractivity contribution in [3.05, 3.63) is 168 Å². The maximum atomic E-state index is 10.5. The molecule has 0 bridgehead atoms. The van der Waals surface area contributed by atoms with Crippen molar-refractivity contribution in [2.24, 2.45) is 0 Å². The normalized spacial score (nSPS) is 11.1. The first kappa shape index (κ1) is 28.8. The standard InChI is InChI=1S/C45H25N5/c46-26-29-16-22-42-38(24-29)39-25-30(27-47)17-23-43(39)50(42)44-15-7-8-32(28-48)45(44)37-12-2-1-9-34(37)31-18-20-33(21-19-31)49-40-13-5-3-10-35(40)36-11-4-6-14-41(36)49/h1-25H. The van der Waals surface area contributed by atoms with E-state index in [1.165, 1.54) is 10.8 Å². The van der Waals surface area contributed by atoms with Gasteiger partial charge in [-0.1, -0.05) is 78.9 Å². The minimum atomic E-state index is 0.541.